The van der Waals surface area contributed by atoms with Crippen LogP contribution in [0.15, 0.2) is 35.5 Å². The molecule has 29 heavy (non-hydrogen) atoms. The number of alkyl halides is 2. The highest BCUT2D eigenvalue weighted by molar-refractivity contribution is 7.90. The van der Waals surface area contributed by atoms with Crippen molar-refractivity contribution in [3.63, 3.8) is 0 Å². The lowest BCUT2D eigenvalue weighted by Gasteiger charge is -2.17. The number of pyridine rings is 1. The van der Waals surface area contributed by atoms with Crippen LogP contribution in [0, 0.1) is 10.7 Å². The number of nitrogens with one attached hydrogen (secondary N) is 3. The van der Waals surface area contributed by atoms with Crippen molar-refractivity contribution in [3.05, 3.63) is 47.6 Å². The van der Waals surface area contributed by atoms with Crippen molar-refractivity contribution in [1.82, 2.24) is 14.3 Å². The number of amides is 1. The number of anilines is 1. The molecule has 0 saturated carbocycles. The molecular formula is C19H23F2N5O2S. The van der Waals surface area contributed by atoms with E-state index in [1.54, 1.807) is 19.2 Å². The Morgan fingerprint density at radius 1 is 1.45 bits per heavy atom. The first-order chi connectivity index (χ1) is 13.6. The third-order valence-corrected chi connectivity index (χ3v) is 6.09. The Hall–Kier alpha value is -2.59. The maximum atomic E-state index is 13.0. The second kappa shape index (κ2) is 8.03. The lowest BCUT2D eigenvalue weighted by molar-refractivity contribution is 0.101. The third kappa shape index (κ3) is 4.54. The molecule has 0 fully saturated rings. The zero-order chi connectivity index (χ0) is 21.3. The van der Waals surface area contributed by atoms with Crippen LogP contribution in [0.25, 0.3) is 6.08 Å². The molecule has 0 spiro atoms. The second-order valence-electron chi connectivity index (χ2n) is 7.36. The van der Waals surface area contributed by atoms with Gasteiger partial charge in [0.15, 0.2) is 0 Å². The van der Waals surface area contributed by atoms with Crippen molar-refractivity contribution in [2.75, 3.05) is 5.32 Å². The van der Waals surface area contributed by atoms with Gasteiger partial charge in [0.25, 0.3) is 12.3 Å². The maximum absolute atomic E-state index is 13.0. The average molecular weight is 423 g/mol. The summed E-state index contributed by atoms with van der Waals surface area (Å²) < 4.78 is 51.4. The van der Waals surface area contributed by atoms with E-state index >= 15 is 0 Å². The Kier molecular flexibility index (Phi) is 5.85. The van der Waals surface area contributed by atoms with Gasteiger partial charge in [-0.15, -0.1) is 0 Å². The van der Waals surface area contributed by atoms with Crippen LogP contribution in [-0.2, 0) is 17.0 Å². The Morgan fingerprint density at radius 2 is 2.17 bits per heavy atom. The molecular weight excluding hydrogens is 400 g/mol. The molecule has 2 atom stereocenters. The van der Waals surface area contributed by atoms with Crippen LogP contribution >= 0.6 is 0 Å². The molecule has 1 aliphatic heterocycles. The predicted molar refractivity (Wildman–Crippen MR) is 107 cm³/mol. The molecule has 0 radical (unpaired) electrons. The second-order valence-corrected chi connectivity index (χ2v) is 9.15. The molecule has 0 aromatic carbocycles. The number of nitrogens with zero attached hydrogens (tertiary/aromatic N) is 2. The Bertz CT molecular complexity index is 1060. The van der Waals surface area contributed by atoms with Gasteiger partial charge in [0.2, 0.25) is 0 Å². The van der Waals surface area contributed by atoms with Crippen molar-refractivity contribution < 1.29 is 17.8 Å². The summed E-state index contributed by atoms with van der Waals surface area (Å²) in [6.45, 7) is 4.06. The van der Waals surface area contributed by atoms with Crippen LogP contribution in [0.5, 0.6) is 0 Å². The first kappa shape index (κ1) is 21.1. The van der Waals surface area contributed by atoms with Crippen LogP contribution in [0.1, 0.15) is 48.4 Å². The summed E-state index contributed by atoms with van der Waals surface area (Å²) in [4.78, 5) is 16.7. The van der Waals surface area contributed by atoms with E-state index < -0.39 is 27.9 Å². The molecule has 1 unspecified atom stereocenters. The van der Waals surface area contributed by atoms with Crippen LogP contribution in [0.2, 0.25) is 0 Å². The van der Waals surface area contributed by atoms with Crippen molar-refractivity contribution in [2.24, 2.45) is 13.0 Å². The van der Waals surface area contributed by atoms with Gasteiger partial charge < -0.3 is 9.88 Å². The van der Waals surface area contributed by atoms with E-state index in [4.69, 9.17) is 4.78 Å². The highest BCUT2D eigenvalue weighted by atomic mass is 32.2. The molecule has 3 heterocycles. The van der Waals surface area contributed by atoms with Gasteiger partial charge in [-0.2, -0.15) is 0 Å². The monoisotopic (exact) mass is 423 g/mol. The van der Waals surface area contributed by atoms with E-state index in [2.05, 4.69) is 15.0 Å². The number of carbonyl (C=O) groups is 1. The van der Waals surface area contributed by atoms with Gasteiger partial charge >= 0.3 is 0 Å². The minimum atomic E-state index is -3.32. The fourth-order valence-corrected chi connectivity index (χ4v) is 4.80. The molecule has 156 valence electrons. The molecule has 0 bridgehead atoms. The molecule has 3 N–H and O–H groups in total. The fourth-order valence-electron chi connectivity index (χ4n) is 3.29. The third-order valence-electron chi connectivity index (χ3n) is 4.51. The zero-order valence-corrected chi connectivity index (χ0v) is 17.1. The van der Waals surface area contributed by atoms with E-state index in [1.807, 2.05) is 13.8 Å². The van der Waals surface area contributed by atoms with Crippen molar-refractivity contribution in [2.45, 2.75) is 37.6 Å². The minimum Gasteiger partial charge on any atom is -0.345 e. The van der Waals surface area contributed by atoms with Gasteiger partial charge in [-0.3, -0.25) is 9.78 Å². The van der Waals surface area contributed by atoms with Crippen LogP contribution in [0.4, 0.5) is 14.5 Å². The van der Waals surface area contributed by atoms with Crippen LogP contribution in [0.3, 0.4) is 0 Å². The highest BCUT2D eigenvalue weighted by Gasteiger charge is 2.28. The quantitative estimate of drug-likeness (QED) is 0.679. The Labute approximate surface area is 168 Å². The minimum absolute atomic E-state index is 0.176. The summed E-state index contributed by atoms with van der Waals surface area (Å²) in [6, 6.07) is 2.26. The van der Waals surface area contributed by atoms with E-state index in [0.29, 0.717) is 17.9 Å². The summed E-state index contributed by atoms with van der Waals surface area (Å²) in [5.74, 6) is -0.225. The summed E-state index contributed by atoms with van der Waals surface area (Å²) >= 11 is 0. The number of hydrogen-bond acceptors (Lipinski definition) is 4. The summed E-state index contributed by atoms with van der Waals surface area (Å²) in [5.41, 5.74) is 0.309. The SMILES string of the molecule is CC(C)C[C@H]1C=Cc2c(cn(C)c2C(=O)Nc2ccnc(C(F)F)c2)S(=N)(=O)N1. The number of fused-ring (bicyclic) bond motifs is 1. The van der Waals surface area contributed by atoms with E-state index in [1.165, 1.54) is 23.0 Å². The molecule has 2 aromatic rings. The first-order valence-corrected chi connectivity index (χ1v) is 10.6. The molecule has 3 rings (SSSR count). The molecule has 1 amide bonds. The number of carbonyl (C=O) groups excluding carboxylic acids is 1. The van der Waals surface area contributed by atoms with E-state index in [-0.39, 0.29) is 22.3 Å². The predicted octanol–water partition coefficient (Wildman–Crippen LogP) is 3.96. The molecule has 2 aromatic heterocycles. The molecule has 1 aliphatic rings. The summed E-state index contributed by atoms with van der Waals surface area (Å²) in [6.07, 6.45) is 4.13. The van der Waals surface area contributed by atoms with Crippen molar-refractivity contribution in [1.29, 1.82) is 4.78 Å². The largest absolute Gasteiger partial charge is 0.345 e. The fraction of sp³-hybridized carbons (Fsp3) is 0.368. The summed E-state index contributed by atoms with van der Waals surface area (Å²) in [7, 11) is -1.72. The van der Waals surface area contributed by atoms with E-state index in [9.17, 15) is 17.8 Å². The normalized spacial score (nSPS) is 21.3. The zero-order valence-electron chi connectivity index (χ0n) is 16.3. The Balaban J connectivity index is 1.97. The lowest BCUT2D eigenvalue weighted by atomic mass is 10.0. The van der Waals surface area contributed by atoms with Gasteiger partial charge in [0.1, 0.15) is 21.3 Å². The average Bonchev–Trinajstić information content (AvgIpc) is 2.91. The van der Waals surface area contributed by atoms with Crippen molar-refractivity contribution >= 4 is 27.6 Å². The standard InChI is InChI=1S/C19H23F2N5O2S/c1-11(2)8-13-4-5-14-16(29(22,28)25-13)10-26(3)17(14)19(27)24-12-6-7-23-15(9-12)18(20)21/h4-7,9-11,13,18H,8H2,1-3H3,(H2,22,25,28)(H,23,24,27)/t13-,29?/m1/s1. The van der Waals surface area contributed by atoms with E-state index in [0.717, 1.165) is 6.07 Å². The van der Waals surface area contributed by atoms with Gasteiger partial charge in [0.05, 0.1) is 4.90 Å². The summed E-state index contributed by atoms with van der Waals surface area (Å²) in [5, 5.41) is 2.58. The van der Waals surface area contributed by atoms with Crippen LogP contribution < -0.4 is 10.0 Å². The lowest BCUT2D eigenvalue weighted by Crippen LogP contribution is -2.32. The van der Waals surface area contributed by atoms with Gasteiger partial charge in [-0.25, -0.2) is 22.5 Å². The van der Waals surface area contributed by atoms with Gasteiger partial charge in [0, 0.05) is 36.7 Å². The number of aryl methyl sites for hydroxylation is 1. The smallest absolute Gasteiger partial charge is 0.280 e. The highest BCUT2D eigenvalue weighted by Crippen LogP contribution is 2.28. The van der Waals surface area contributed by atoms with Crippen LogP contribution in [-0.4, -0.2) is 25.7 Å². The molecule has 10 heteroatoms. The number of aromatic nitrogens is 2. The molecule has 0 aliphatic carbocycles. The number of halogens is 2. The van der Waals surface area contributed by atoms with Gasteiger partial charge in [-0.05, 0) is 24.5 Å². The number of rotatable bonds is 5. The molecule has 0 saturated heterocycles. The Morgan fingerprint density at radius 3 is 2.83 bits per heavy atom. The maximum Gasteiger partial charge on any atom is 0.280 e. The first-order valence-electron chi connectivity index (χ1n) is 9.07. The molecule has 7 nitrogen and oxygen atoms in total. The van der Waals surface area contributed by atoms with Crippen molar-refractivity contribution in [3.8, 4) is 0 Å². The topological polar surface area (TPSA) is 99.9 Å². The van der Waals surface area contributed by atoms with Gasteiger partial charge in [-0.1, -0.05) is 26.0 Å². The number of hydrogen-bond donors (Lipinski definition) is 3.